The zero-order valence-electron chi connectivity index (χ0n) is 11.5. The van der Waals surface area contributed by atoms with Gasteiger partial charge >= 0.3 is 5.97 Å². The van der Waals surface area contributed by atoms with Gasteiger partial charge in [-0.2, -0.15) is 0 Å². The molecule has 0 spiro atoms. The van der Waals surface area contributed by atoms with Gasteiger partial charge in [0.2, 0.25) is 0 Å². The van der Waals surface area contributed by atoms with Crippen LogP contribution in [-0.2, 0) is 4.79 Å². The molecule has 0 fully saturated rings. The fraction of sp³-hybridized carbons (Fsp3) is 0.267. The predicted octanol–water partition coefficient (Wildman–Crippen LogP) is 1.63. The average molecular weight is 289 g/mol. The summed E-state index contributed by atoms with van der Waals surface area (Å²) in [5.41, 5.74) is 0.0509. The standard InChI is InChI=1S/C15H15NO5/c1-9(15(19)20)6-7-16-14(18)13-8-11(17)10-4-2-3-5-12(10)21-13/h2-5,8-9H,6-7H2,1H3,(H,16,18)(H,19,20). The van der Waals surface area contributed by atoms with E-state index in [1.54, 1.807) is 31.2 Å². The highest BCUT2D eigenvalue weighted by Gasteiger charge is 2.14. The van der Waals surface area contributed by atoms with Crippen molar-refractivity contribution in [2.75, 3.05) is 6.54 Å². The van der Waals surface area contributed by atoms with E-state index < -0.39 is 17.8 Å². The monoisotopic (exact) mass is 289 g/mol. The van der Waals surface area contributed by atoms with Crippen LogP contribution in [0.3, 0.4) is 0 Å². The summed E-state index contributed by atoms with van der Waals surface area (Å²) in [6, 6.07) is 7.80. The van der Waals surface area contributed by atoms with E-state index in [-0.39, 0.29) is 17.7 Å². The van der Waals surface area contributed by atoms with E-state index in [0.717, 1.165) is 6.07 Å². The first-order valence-electron chi connectivity index (χ1n) is 6.53. The van der Waals surface area contributed by atoms with E-state index in [1.165, 1.54) is 0 Å². The predicted molar refractivity (Wildman–Crippen MR) is 76.2 cm³/mol. The van der Waals surface area contributed by atoms with Crippen LogP contribution >= 0.6 is 0 Å². The van der Waals surface area contributed by atoms with Crippen LogP contribution in [0.2, 0.25) is 0 Å². The maximum absolute atomic E-state index is 11.9. The third kappa shape index (κ3) is 3.47. The van der Waals surface area contributed by atoms with Gasteiger partial charge in [-0.25, -0.2) is 0 Å². The molecular weight excluding hydrogens is 274 g/mol. The molecule has 1 aromatic carbocycles. The van der Waals surface area contributed by atoms with Crippen LogP contribution in [0.15, 0.2) is 39.5 Å². The second-order valence-corrected chi connectivity index (χ2v) is 4.75. The Morgan fingerprint density at radius 2 is 2.05 bits per heavy atom. The Morgan fingerprint density at radius 1 is 1.33 bits per heavy atom. The minimum absolute atomic E-state index is 0.0818. The van der Waals surface area contributed by atoms with Crippen LogP contribution in [0.25, 0.3) is 11.0 Å². The lowest BCUT2D eigenvalue weighted by Crippen LogP contribution is -2.27. The van der Waals surface area contributed by atoms with Crippen molar-refractivity contribution in [3.05, 3.63) is 46.3 Å². The van der Waals surface area contributed by atoms with Gasteiger partial charge in [-0.1, -0.05) is 19.1 Å². The summed E-state index contributed by atoms with van der Waals surface area (Å²) in [4.78, 5) is 34.4. The number of para-hydroxylation sites is 1. The largest absolute Gasteiger partial charge is 0.481 e. The number of carboxylic acid groups (broad SMARTS) is 1. The number of carboxylic acids is 1. The van der Waals surface area contributed by atoms with Gasteiger partial charge < -0.3 is 14.8 Å². The molecule has 0 saturated carbocycles. The van der Waals surface area contributed by atoms with Gasteiger partial charge in [0.1, 0.15) is 5.58 Å². The molecule has 21 heavy (non-hydrogen) atoms. The van der Waals surface area contributed by atoms with Crippen molar-refractivity contribution < 1.29 is 19.1 Å². The van der Waals surface area contributed by atoms with E-state index in [4.69, 9.17) is 9.52 Å². The summed E-state index contributed by atoms with van der Waals surface area (Å²) in [5, 5.41) is 11.7. The first-order valence-corrected chi connectivity index (χ1v) is 6.53. The smallest absolute Gasteiger partial charge is 0.306 e. The van der Waals surface area contributed by atoms with Gasteiger partial charge in [0.15, 0.2) is 11.2 Å². The molecule has 1 atom stereocenters. The Hall–Kier alpha value is -2.63. The summed E-state index contributed by atoms with van der Waals surface area (Å²) < 4.78 is 5.38. The number of nitrogens with one attached hydrogen (secondary N) is 1. The number of hydrogen-bond donors (Lipinski definition) is 2. The number of rotatable bonds is 5. The summed E-state index contributed by atoms with van der Waals surface area (Å²) in [6.45, 7) is 1.76. The van der Waals surface area contributed by atoms with Gasteiger partial charge in [0.05, 0.1) is 11.3 Å². The molecule has 0 bridgehead atoms. The van der Waals surface area contributed by atoms with Gasteiger partial charge in [0, 0.05) is 12.6 Å². The molecule has 0 aliphatic rings. The first kappa shape index (κ1) is 14.8. The van der Waals surface area contributed by atoms with E-state index in [9.17, 15) is 14.4 Å². The second-order valence-electron chi connectivity index (χ2n) is 4.75. The molecular formula is C15H15NO5. The topological polar surface area (TPSA) is 96.6 Å². The number of carbonyl (C=O) groups excluding carboxylic acids is 1. The molecule has 0 aliphatic carbocycles. The zero-order chi connectivity index (χ0) is 15.4. The van der Waals surface area contributed by atoms with Gasteiger partial charge in [-0.05, 0) is 18.6 Å². The Morgan fingerprint density at radius 3 is 2.76 bits per heavy atom. The third-order valence-corrected chi connectivity index (χ3v) is 3.14. The lowest BCUT2D eigenvalue weighted by atomic mass is 10.1. The van der Waals surface area contributed by atoms with Gasteiger partial charge in [-0.15, -0.1) is 0 Å². The Labute approximate surface area is 120 Å². The summed E-state index contributed by atoms with van der Waals surface area (Å²) in [7, 11) is 0. The molecule has 2 rings (SSSR count). The number of benzene rings is 1. The molecule has 1 unspecified atom stereocenters. The lowest BCUT2D eigenvalue weighted by molar-refractivity contribution is -0.141. The van der Waals surface area contributed by atoms with Gasteiger partial charge in [0.25, 0.3) is 5.91 Å². The highest BCUT2D eigenvalue weighted by atomic mass is 16.4. The number of aliphatic carboxylic acids is 1. The fourth-order valence-corrected chi connectivity index (χ4v) is 1.83. The van der Waals surface area contributed by atoms with Gasteiger partial charge in [-0.3, -0.25) is 14.4 Å². The van der Waals surface area contributed by atoms with Crippen LogP contribution in [0.1, 0.15) is 23.9 Å². The minimum Gasteiger partial charge on any atom is -0.481 e. The molecule has 110 valence electrons. The third-order valence-electron chi connectivity index (χ3n) is 3.14. The maximum Gasteiger partial charge on any atom is 0.306 e. The zero-order valence-corrected chi connectivity index (χ0v) is 11.5. The Kier molecular flexibility index (Phi) is 4.37. The van der Waals surface area contributed by atoms with Crippen molar-refractivity contribution in [2.45, 2.75) is 13.3 Å². The van der Waals surface area contributed by atoms with Crippen molar-refractivity contribution in [3.8, 4) is 0 Å². The summed E-state index contributed by atoms with van der Waals surface area (Å²) in [6.07, 6.45) is 0.304. The molecule has 0 saturated heterocycles. The van der Waals surface area contributed by atoms with Crippen LogP contribution < -0.4 is 10.7 Å². The van der Waals surface area contributed by atoms with Crippen LogP contribution in [0, 0.1) is 5.92 Å². The highest BCUT2D eigenvalue weighted by molar-refractivity contribution is 5.93. The van der Waals surface area contributed by atoms with Crippen molar-refractivity contribution in [3.63, 3.8) is 0 Å². The number of carbonyl (C=O) groups is 2. The SMILES string of the molecule is CC(CCNC(=O)c1cc(=O)c2ccccc2o1)C(=O)O. The molecule has 6 heteroatoms. The molecule has 2 aromatic rings. The maximum atomic E-state index is 11.9. The molecule has 0 radical (unpaired) electrons. The molecule has 1 aromatic heterocycles. The molecule has 1 amide bonds. The summed E-state index contributed by atoms with van der Waals surface area (Å²) in [5.74, 6) is -2.08. The molecule has 1 heterocycles. The van der Waals surface area contributed by atoms with E-state index in [1.807, 2.05) is 0 Å². The average Bonchev–Trinajstić information content (AvgIpc) is 2.46. The first-order chi connectivity index (χ1) is 9.99. The Bertz CT molecular complexity index is 734. The van der Waals surface area contributed by atoms with Crippen molar-refractivity contribution in [2.24, 2.45) is 5.92 Å². The fourth-order valence-electron chi connectivity index (χ4n) is 1.83. The Balaban J connectivity index is 2.10. The minimum atomic E-state index is -0.915. The van der Waals surface area contributed by atoms with E-state index >= 15 is 0 Å². The molecule has 0 aliphatic heterocycles. The lowest BCUT2D eigenvalue weighted by Gasteiger charge is -2.07. The number of fused-ring (bicyclic) bond motifs is 1. The number of amides is 1. The summed E-state index contributed by atoms with van der Waals surface area (Å²) >= 11 is 0. The quantitative estimate of drug-likeness (QED) is 0.872. The normalized spacial score (nSPS) is 12.0. The number of hydrogen-bond acceptors (Lipinski definition) is 4. The van der Waals surface area contributed by atoms with Crippen LogP contribution in [-0.4, -0.2) is 23.5 Å². The highest BCUT2D eigenvalue weighted by Crippen LogP contribution is 2.11. The van der Waals surface area contributed by atoms with Crippen molar-refractivity contribution >= 4 is 22.8 Å². The second kappa shape index (κ2) is 6.21. The van der Waals surface area contributed by atoms with E-state index in [0.29, 0.717) is 17.4 Å². The molecule has 6 nitrogen and oxygen atoms in total. The van der Waals surface area contributed by atoms with Crippen molar-refractivity contribution in [1.29, 1.82) is 0 Å². The van der Waals surface area contributed by atoms with Crippen LogP contribution in [0.4, 0.5) is 0 Å². The van der Waals surface area contributed by atoms with Crippen LogP contribution in [0.5, 0.6) is 0 Å². The molecule has 2 N–H and O–H groups in total. The van der Waals surface area contributed by atoms with E-state index in [2.05, 4.69) is 5.32 Å². The van der Waals surface area contributed by atoms with Crippen molar-refractivity contribution in [1.82, 2.24) is 5.32 Å².